The first kappa shape index (κ1) is 28.3. The number of aromatic nitrogens is 4. The number of aromatic hydroxyl groups is 1. The SMILES string of the molecule is C=CC(=O)N1CCN(c2nc(CN(C)Cc3ncccn3)nc3c(F)c(-c4c(O)cccc4F)c(Cl)cc23)C[C@H]1C. The Morgan fingerprint density at radius 1 is 1.15 bits per heavy atom. The average molecular weight is 580 g/mol. The highest BCUT2D eigenvalue weighted by molar-refractivity contribution is 6.34. The summed E-state index contributed by atoms with van der Waals surface area (Å²) in [5.41, 5.74) is -0.693. The standard InChI is InChI=1S/C29H28ClF2N7O2/c1-4-24(41)39-12-11-38(14-17(39)2)29-18-13-19(30)25(26-20(31)7-5-8-21(26)40)27(32)28(18)35-23(36-29)16-37(3)15-22-33-9-6-10-34-22/h4-10,13,17,40H,1,11-12,14-16H2,2-3H3/t17-/m1/s1. The lowest BCUT2D eigenvalue weighted by atomic mass is 10.0. The van der Waals surface area contributed by atoms with Gasteiger partial charge in [-0.05, 0) is 44.3 Å². The van der Waals surface area contributed by atoms with Gasteiger partial charge in [0.15, 0.2) is 5.82 Å². The van der Waals surface area contributed by atoms with E-state index in [1.807, 2.05) is 23.8 Å². The molecular formula is C29H28ClF2N7O2. The van der Waals surface area contributed by atoms with Crippen LogP contribution in [0.25, 0.3) is 22.0 Å². The summed E-state index contributed by atoms with van der Waals surface area (Å²) in [5.74, 6) is -0.953. The second-order valence-corrected chi connectivity index (χ2v) is 10.3. The zero-order valence-electron chi connectivity index (χ0n) is 22.6. The van der Waals surface area contributed by atoms with Crippen molar-refractivity contribution in [3.63, 3.8) is 0 Å². The van der Waals surface area contributed by atoms with E-state index in [1.54, 1.807) is 23.4 Å². The van der Waals surface area contributed by atoms with Crippen LogP contribution in [0.1, 0.15) is 18.6 Å². The molecule has 1 amide bonds. The predicted molar refractivity (Wildman–Crippen MR) is 152 cm³/mol. The molecule has 0 radical (unpaired) electrons. The van der Waals surface area contributed by atoms with Gasteiger partial charge in [-0.25, -0.2) is 28.7 Å². The Kier molecular flexibility index (Phi) is 8.09. The Bertz CT molecular complexity index is 1600. The number of amides is 1. The predicted octanol–water partition coefficient (Wildman–Crippen LogP) is 4.58. The Labute approximate surface area is 240 Å². The third-order valence-electron chi connectivity index (χ3n) is 6.98. The number of piperazine rings is 1. The first-order chi connectivity index (χ1) is 19.7. The van der Waals surface area contributed by atoms with Gasteiger partial charge >= 0.3 is 0 Å². The van der Waals surface area contributed by atoms with E-state index >= 15 is 4.39 Å². The zero-order valence-corrected chi connectivity index (χ0v) is 23.3. The van der Waals surface area contributed by atoms with Gasteiger partial charge in [0.1, 0.15) is 34.6 Å². The number of nitrogens with zero attached hydrogens (tertiary/aromatic N) is 7. The van der Waals surface area contributed by atoms with E-state index in [-0.39, 0.29) is 40.2 Å². The highest BCUT2D eigenvalue weighted by atomic mass is 35.5. The molecule has 4 aromatic rings. The monoisotopic (exact) mass is 579 g/mol. The van der Waals surface area contributed by atoms with Crippen molar-refractivity contribution in [3.05, 3.63) is 83.7 Å². The van der Waals surface area contributed by atoms with Gasteiger partial charge in [0, 0.05) is 49.0 Å². The molecule has 41 heavy (non-hydrogen) atoms. The molecule has 1 fully saturated rings. The molecule has 1 saturated heterocycles. The highest BCUT2D eigenvalue weighted by Crippen LogP contribution is 2.42. The summed E-state index contributed by atoms with van der Waals surface area (Å²) in [5, 5.41) is 10.6. The lowest BCUT2D eigenvalue weighted by Crippen LogP contribution is -2.54. The average Bonchev–Trinajstić information content (AvgIpc) is 2.94. The van der Waals surface area contributed by atoms with Crippen molar-refractivity contribution < 1.29 is 18.7 Å². The number of rotatable bonds is 7. The van der Waals surface area contributed by atoms with Gasteiger partial charge < -0.3 is 14.9 Å². The summed E-state index contributed by atoms with van der Waals surface area (Å²) >= 11 is 6.55. The van der Waals surface area contributed by atoms with Crippen LogP contribution in [0.3, 0.4) is 0 Å². The molecule has 0 saturated carbocycles. The van der Waals surface area contributed by atoms with Crippen LogP contribution in [0.15, 0.2) is 55.4 Å². The van der Waals surface area contributed by atoms with E-state index in [4.69, 9.17) is 16.6 Å². The summed E-state index contributed by atoms with van der Waals surface area (Å²) < 4.78 is 31.1. The summed E-state index contributed by atoms with van der Waals surface area (Å²) in [6.07, 6.45) is 4.58. The number of phenols is 1. The largest absolute Gasteiger partial charge is 0.507 e. The van der Waals surface area contributed by atoms with Crippen LogP contribution in [0.5, 0.6) is 5.75 Å². The Morgan fingerprint density at radius 2 is 1.88 bits per heavy atom. The van der Waals surface area contributed by atoms with Crippen LogP contribution in [0.4, 0.5) is 14.6 Å². The number of phenolic OH excluding ortho intramolecular Hbond substituents is 1. The lowest BCUT2D eigenvalue weighted by molar-refractivity contribution is -0.128. The minimum Gasteiger partial charge on any atom is -0.507 e. The van der Waals surface area contributed by atoms with Crippen molar-refractivity contribution in [1.29, 1.82) is 0 Å². The van der Waals surface area contributed by atoms with Crippen molar-refractivity contribution in [3.8, 4) is 16.9 Å². The van der Waals surface area contributed by atoms with Gasteiger partial charge in [-0.3, -0.25) is 9.69 Å². The molecule has 0 spiro atoms. The van der Waals surface area contributed by atoms with E-state index in [9.17, 15) is 14.3 Å². The maximum Gasteiger partial charge on any atom is 0.246 e. The molecule has 2 aromatic carbocycles. The molecule has 2 aromatic heterocycles. The normalized spacial score (nSPS) is 15.5. The van der Waals surface area contributed by atoms with Crippen molar-refractivity contribution in [2.24, 2.45) is 0 Å². The van der Waals surface area contributed by atoms with Crippen molar-refractivity contribution in [1.82, 2.24) is 29.7 Å². The third-order valence-corrected chi connectivity index (χ3v) is 7.28. The molecule has 9 nitrogen and oxygen atoms in total. The maximum absolute atomic E-state index is 16.3. The number of hydrogen-bond donors (Lipinski definition) is 1. The molecule has 12 heteroatoms. The molecule has 1 atom stereocenters. The van der Waals surface area contributed by atoms with Crippen LogP contribution in [0, 0.1) is 11.6 Å². The molecule has 5 rings (SSSR count). The second-order valence-electron chi connectivity index (χ2n) is 9.91. The van der Waals surface area contributed by atoms with Crippen molar-refractivity contribution in [2.45, 2.75) is 26.1 Å². The molecule has 1 aliphatic rings. The van der Waals surface area contributed by atoms with Gasteiger partial charge in [0.05, 0.1) is 23.7 Å². The quantitative estimate of drug-likeness (QED) is 0.318. The molecular weight excluding hydrogens is 552 g/mol. The molecule has 0 unspecified atom stereocenters. The smallest absolute Gasteiger partial charge is 0.246 e. The fraction of sp³-hybridized carbons (Fsp3) is 0.276. The maximum atomic E-state index is 16.3. The third kappa shape index (κ3) is 5.68. The molecule has 3 heterocycles. The van der Waals surface area contributed by atoms with E-state index in [0.717, 1.165) is 6.07 Å². The van der Waals surface area contributed by atoms with Crippen LogP contribution in [0.2, 0.25) is 5.02 Å². The minimum absolute atomic E-state index is 0.0614. The minimum atomic E-state index is -0.875. The number of benzene rings is 2. The zero-order chi connectivity index (χ0) is 29.3. The van der Waals surface area contributed by atoms with Gasteiger partial charge in [-0.2, -0.15) is 0 Å². The van der Waals surface area contributed by atoms with E-state index in [2.05, 4.69) is 21.5 Å². The van der Waals surface area contributed by atoms with Gasteiger partial charge in [-0.1, -0.05) is 24.2 Å². The topological polar surface area (TPSA) is 98.6 Å². The Hall–Kier alpha value is -4.22. The molecule has 212 valence electrons. The van der Waals surface area contributed by atoms with Crippen molar-refractivity contribution >= 4 is 34.2 Å². The van der Waals surface area contributed by atoms with E-state index in [1.165, 1.54) is 24.3 Å². The molecule has 1 N–H and O–H groups in total. The fourth-order valence-electron chi connectivity index (χ4n) is 5.07. The first-order valence-electron chi connectivity index (χ1n) is 13.0. The van der Waals surface area contributed by atoms with E-state index < -0.39 is 17.4 Å². The van der Waals surface area contributed by atoms with E-state index in [0.29, 0.717) is 49.0 Å². The second kappa shape index (κ2) is 11.7. The summed E-state index contributed by atoms with van der Waals surface area (Å²) in [7, 11) is 1.84. The summed E-state index contributed by atoms with van der Waals surface area (Å²) in [6, 6.07) is 6.76. The van der Waals surface area contributed by atoms with Gasteiger partial charge in [0.2, 0.25) is 5.91 Å². The van der Waals surface area contributed by atoms with Crippen LogP contribution < -0.4 is 4.90 Å². The summed E-state index contributed by atoms with van der Waals surface area (Å²) in [6.45, 7) is 7.39. The summed E-state index contributed by atoms with van der Waals surface area (Å²) in [4.78, 5) is 35.7. The first-order valence-corrected chi connectivity index (χ1v) is 13.3. The number of carbonyl (C=O) groups excluding carboxylic acids is 1. The number of halogens is 3. The fourth-order valence-corrected chi connectivity index (χ4v) is 5.36. The lowest BCUT2D eigenvalue weighted by Gasteiger charge is -2.40. The van der Waals surface area contributed by atoms with Crippen LogP contribution >= 0.6 is 11.6 Å². The molecule has 0 bridgehead atoms. The van der Waals surface area contributed by atoms with Crippen LogP contribution in [-0.2, 0) is 17.9 Å². The number of carbonyl (C=O) groups is 1. The highest BCUT2D eigenvalue weighted by Gasteiger charge is 2.30. The number of hydrogen-bond acceptors (Lipinski definition) is 8. The van der Waals surface area contributed by atoms with Gasteiger partial charge in [0.25, 0.3) is 0 Å². The Balaban J connectivity index is 1.62. The molecule has 1 aliphatic heterocycles. The number of anilines is 1. The van der Waals surface area contributed by atoms with Gasteiger partial charge in [-0.15, -0.1) is 0 Å². The van der Waals surface area contributed by atoms with Crippen LogP contribution in [-0.4, -0.2) is 73.5 Å². The number of fused-ring (bicyclic) bond motifs is 1. The Morgan fingerprint density at radius 3 is 2.56 bits per heavy atom. The van der Waals surface area contributed by atoms with Crippen molar-refractivity contribution in [2.75, 3.05) is 31.6 Å². The molecule has 0 aliphatic carbocycles.